The van der Waals surface area contributed by atoms with Crippen LogP contribution in [0, 0.1) is 0 Å². The largest absolute Gasteiger partial charge is 0.328 e. The molecular weight excluding hydrogens is 293 g/mol. The first-order chi connectivity index (χ1) is 9.65. The van der Waals surface area contributed by atoms with Crippen molar-refractivity contribution in [2.24, 2.45) is 5.73 Å². The summed E-state index contributed by atoms with van der Waals surface area (Å²) >= 11 is 12.4. The Bertz CT molecular complexity index is 584. The van der Waals surface area contributed by atoms with Gasteiger partial charge in [-0.2, -0.15) is 5.10 Å². The second-order valence-corrected chi connectivity index (χ2v) is 6.23. The minimum atomic E-state index is 0.337. The van der Waals surface area contributed by atoms with Crippen LogP contribution in [-0.2, 0) is 0 Å². The SMILES string of the molecule is NC1CCC(c2[nH]nc(-c3ccc(Cl)cc3)c2Cl)CC1. The smallest absolute Gasteiger partial charge is 0.111 e. The van der Waals surface area contributed by atoms with Crippen LogP contribution in [0.5, 0.6) is 0 Å². The van der Waals surface area contributed by atoms with E-state index < -0.39 is 0 Å². The maximum Gasteiger partial charge on any atom is 0.111 e. The molecule has 1 fully saturated rings. The van der Waals surface area contributed by atoms with Crippen molar-refractivity contribution in [3.63, 3.8) is 0 Å². The molecule has 1 saturated carbocycles. The molecule has 2 aromatic rings. The molecule has 20 heavy (non-hydrogen) atoms. The minimum absolute atomic E-state index is 0.337. The van der Waals surface area contributed by atoms with Crippen LogP contribution in [0.2, 0.25) is 10.0 Å². The Kier molecular flexibility index (Phi) is 4.01. The summed E-state index contributed by atoms with van der Waals surface area (Å²) in [5.41, 5.74) is 8.78. The first-order valence-corrected chi connectivity index (χ1v) is 7.66. The fraction of sp³-hybridized carbons (Fsp3) is 0.400. The number of hydrogen-bond acceptors (Lipinski definition) is 2. The van der Waals surface area contributed by atoms with E-state index >= 15 is 0 Å². The Morgan fingerprint density at radius 1 is 1.05 bits per heavy atom. The van der Waals surface area contributed by atoms with E-state index in [4.69, 9.17) is 28.9 Å². The van der Waals surface area contributed by atoms with Crippen molar-refractivity contribution in [2.45, 2.75) is 37.6 Å². The average Bonchev–Trinajstić information content (AvgIpc) is 2.83. The number of nitrogens with two attached hydrogens (primary N) is 1. The lowest BCUT2D eigenvalue weighted by atomic mass is 9.84. The number of rotatable bonds is 2. The predicted molar refractivity (Wildman–Crippen MR) is 83.2 cm³/mol. The van der Waals surface area contributed by atoms with Gasteiger partial charge in [0.05, 0.1) is 10.7 Å². The number of nitrogens with zero attached hydrogens (tertiary/aromatic N) is 1. The highest BCUT2D eigenvalue weighted by atomic mass is 35.5. The normalized spacial score (nSPS) is 22.9. The predicted octanol–water partition coefficient (Wildman–Crippen LogP) is 4.37. The fourth-order valence-electron chi connectivity index (χ4n) is 2.82. The van der Waals surface area contributed by atoms with Gasteiger partial charge in [0.15, 0.2) is 0 Å². The van der Waals surface area contributed by atoms with Crippen LogP contribution in [0.1, 0.15) is 37.3 Å². The summed E-state index contributed by atoms with van der Waals surface area (Å²) in [6.07, 6.45) is 4.25. The van der Waals surface area contributed by atoms with Gasteiger partial charge in [-0.3, -0.25) is 5.10 Å². The average molecular weight is 310 g/mol. The number of nitrogens with one attached hydrogen (secondary N) is 1. The summed E-state index contributed by atoms with van der Waals surface area (Å²) in [5.74, 6) is 0.441. The molecule has 3 N–H and O–H groups in total. The summed E-state index contributed by atoms with van der Waals surface area (Å²) in [6.45, 7) is 0. The van der Waals surface area contributed by atoms with E-state index in [2.05, 4.69) is 10.2 Å². The van der Waals surface area contributed by atoms with Crippen LogP contribution < -0.4 is 5.73 Å². The maximum absolute atomic E-state index is 6.51. The van der Waals surface area contributed by atoms with E-state index in [1.54, 1.807) is 0 Å². The maximum atomic E-state index is 6.51. The molecule has 0 radical (unpaired) electrons. The summed E-state index contributed by atoms with van der Waals surface area (Å²) in [5, 5.41) is 8.93. The van der Waals surface area contributed by atoms with E-state index in [1.165, 1.54) is 0 Å². The molecule has 0 saturated heterocycles. The second-order valence-electron chi connectivity index (χ2n) is 5.42. The number of halogens is 2. The van der Waals surface area contributed by atoms with Crippen LogP contribution >= 0.6 is 23.2 Å². The zero-order chi connectivity index (χ0) is 14.1. The summed E-state index contributed by atoms with van der Waals surface area (Å²) in [7, 11) is 0. The molecule has 3 nitrogen and oxygen atoms in total. The zero-order valence-electron chi connectivity index (χ0n) is 11.1. The molecule has 1 heterocycles. The molecule has 1 aromatic carbocycles. The first-order valence-electron chi connectivity index (χ1n) is 6.90. The Hall–Kier alpha value is -1.03. The molecule has 0 amide bonds. The molecule has 1 aliphatic rings. The lowest BCUT2D eigenvalue weighted by Crippen LogP contribution is -2.25. The van der Waals surface area contributed by atoms with Crippen LogP contribution in [-0.4, -0.2) is 16.2 Å². The highest BCUT2D eigenvalue weighted by Gasteiger charge is 2.25. The molecule has 1 aromatic heterocycles. The Morgan fingerprint density at radius 2 is 1.70 bits per heavy atom. The highest BCUT2D eigenvalue weighted by molar-refractivity contribution is 6.34. The summed E-state index contributed by atoms with van der Waals surface area (Å²) < 4.78 is 0. The van der Waals surface area contributed by atoms with Crippen molar-refractivity contribution in [1.82, 2.24) is 10.2 Å². The quantitative estimate of drug-likeness (QED) is 0.865. The van der Waals surface area contributed by atoms with Crippen molar-refractivity contribution in [2.75, 3.05) is 0 Å². The van der Waals surface area contributed by atoms with E-state index in [0.717, 1.165) is 47.7 Å². The van der Waals surface area contributed by atoms with Gasteiger partial charge in [0.1, 0.15) is 5.69 Å². The number of aromatic nitrogens is 2. The standard InChI is InChI=1S/C15H17Cl2N3/c16-11-5-1-9(2-6-11)14-13(17)15(20-19-14)10-3-7-12(18)8-4-10/h1-2,5-6,10,12H,3-4,7-8,18H2,(H,19,20). The van der Waals surface area contributed by atoms with Gasteiger partial charge in [-0.25, -0.2) is 0 Å². The molecule has 0 aliphatic heterocycles. The summed E-state index contributed by atoms with van der Waals surface area (Å²) in [6, 6.07) is 7.90. The van der Waals surface area contributed by atoms with Crippen molar-refractivity contribution in [3.8, 4) is 11.3 Å². The van der Waals surface area contributed by atoms with Gasteiger partial charge < -0.3 is 5.73 Å². The molecule has 106 valence electrons. The van der Waals surface area contributed by atoms with Gasteiger partial charge in [0, 0.05) is 22.5 Å². The van der Waals surface area contributed by atoms with E-state index in [9.17, 15) is 0 Å². The summed E-state index contributed by atoms with van der Waals surface area (Å²) in [4.78, 5) is 0. The number of hydrogen-bond donors (Lipinski definition) is 2. The lowest BCUT2D eigenvalue weighted by molar-refractivity contribution is 0.390. The number of aromatic amines is 1. The van der Waals surface area contributed by atoms with Gasteiger partial charge in [0.25, 0.3) is 0 Å². The lowest BCUT2D eigenvalue weighted by Gasteiger charge is -2.25. The molecular formula is C15H17Cl2N3. The molecule has 3 rings (SSSR count). The monoisotopic (exact) mass is 309 g/mol. The van der Waals surface area contributed by atoms with Crippen molar-refractivity contribution >= 4 is 23.2 Å². The van der Waals surface area contributed by atoms with Gasteiger partial charge in [-0.15, -0.1) is 0 Å². The molecule has 5 heteroatoms. The van der Waals surface area contributed by atoms with Gasteiger partial charge in [-0.05, 0) is 37.8 Å². The van der Waals surface area contributed by atoms with Crippen molar-refractivity contribution in [3.05, 3.63) is 40.0 Å². The number of benzene rings is 1. The van der Waals surface area contributed by atoms with Gasteiger partial charge in [-0.1, -0.05) is 35.3 Å². The van der Waals surface area contributed by atoms with E-state index in [1.807, 2.05) is 24.3 Å². The van der Waals surface area contributed by atoms with Crippen LogP contribution in [0.3, 0.4) is 0 Å². The topological polar surface area (TPSA) is 54.7 Å². The third-order valence-corrected chi connectivity index (χ3v) is 4.66. The molecule has 0 bridgehead atoms. The van der Waals surface area contributed by atoms with Gasteiger partial charge >= 0.3 is 0 Å². The van der Waals surface area contributed by atoms with E-state index in [-0.39, 0.29) is 0 Å². The molecule has 1 aliphatic carbocycles. The fourth-order valence-corrected chi connectivity index (χ4v) is 3.29. The first kappa shape index (κ1) is 13.9. The molecule has 0 atom stereocenters. The molecule has 0 spiro atoms. The van der Waals surface area contributed by atoms with Crippen molar-refractivity contribution in [1.29, 1.82) is 0 Å². The van der Waals surface area contributed by atoms with Gasteiger partial charge in [0.2, 0.25) is 0 Å². The van der Waals surface area contributed by atoms with Crippen LogP contribution in [0.4, 0.5) is 0 Å². The molecule has 0 unspecified atom stereocenters. The Morgan fingerprint density at radius 3 is 2.35 bits per heavy atom. The third-order valence-electron chi connectivity index (χ3n) is 4.03. The Labute approximate surface area is 128 Å². The van der Waals surface area contributed by atoms with E-state index in [0.29, 0.717) is 17.0 Å². The van der Waals surface area contributed by atoms with Crippen LogP contribution in [0.15, 0.2) is 24.3 Å². The second kappa shape index (κ2) is 5.76. The Balaban J connectivity index is 1.87. The van der Waals surface area contributed by atoms with Crippen LogP contribution in [0.25, 0.3) is 11.3 Å². The van der Waals surface area contributed by atoms with Crippen molar-refractivity contribution < 1.29 is 0 Å². The number of H-pyrrole nitrogens is 1. The highest BCUT2D eigenvalue weighted by Crippen LogP contribution is 2.38. The third kappa shape index (κ3) is 2.71. The minimum Gasteiger partial charge on any atom is -0.328 e. The zero-order valence-corrected chi connectivity index (χ0v) is 12.6.